The second-order valence-electron chi connectivity index (χ2n) is 12.1. The van der Waals surface area contributed by atoms with E-state index in [9.17, 15) is 29.1 Å². The maximum atomic E-state index is 13.3. The summed E-state index contributed by atoms with van der Waals surface area (Å²) in [6.07, 6.45) is 1.54. The van der Waals surface area contributed by atoms with Crippen LogP contribution in [0.5, 0.6) is 0 Å². The lowest BCUT2D eigenvalue weighted by molar-refractivity contribution is -0.139. The molecular weight excluding hydrogens is 488 g/mol. The van der Waals surface area contributed by atoms with Gasteiger partial charge in [0.15, 0.2) is 5.78 Å². The van der Waals surface area contributed by atoms with Crippen molar-refractivity contribution in [2.24, 2.45) is 11.3 Å². The summed E-state index contributed by atoms with van der Waals surface area (Å²) in [7, 11) is 0. The molecule has 1 aromatic rings. The molecule has 0 unspecified atom stereocenters. The molecule has 38 heavy (non-hydrogen) atoms. The smallest absolute Gasteiger partial charge is 0.313 e. The number of aliphatic hydroxyl groups is 1. The molecule has 0 saturated carbocycles. The van der Waals surface area contributed by atoms with E-state index in [1.807, 2.05) is 53.7 Å². The number of hydrogen-bond donors (Lipinski definition) is 5. The number of benzene rings is 1. The van der Waals surface area contributed by atoms with Crippen LogP contribution in [-0.4, -0.2) is 59.8 Å². The number of hydrogen-bond acceptors (Lipinski definition) is 6. The van der Waals surface area contributed by atoms with E-state index in [-0.39, 0.29) is 24.2 Å². The van der Waals surface area contributed by atoms with E-state index in [2.05, 4.69) is 21.3 Å². The molecule has 3 atom stereocenters. The van der Waals surface area contributed by atoms with Gasteiger partial charge < -0.3 is 26.4 Å². The quantitative estimate of drug-likeness (QED) is 0.307. The zero-order valence-corrected chi connectivity index (χ0v) is 23.3. The van der Waals surface area contributed by atoms with Gasteiger partial charge in [-0.1, -0.05) is 59.7 Å². The number of rotatable bonds is 9. The largest absolute Gasteiger partial charge is 0.389 e. The second-order valence-corrected chi connectivity index (χ2v) is 12.1. The molecule has 5 N–H and O–H groups in total. The standard InChI is InChI=1S/C28H42N4O6/c1-27(2,3)15-21(24(36)31-20(22(34)16-33)14-17-10-9-13-29-23(17)35)32-26(38)25(37)30-19-12-8-7-11-18(19)28(4,5)6/h7-8,11-12,17,20-21,33H,9-10,13-16H2,1-6H3,(H,29,35)(H,30,37)(H,31,36)(H,32,38)/t17-,20-,21-/m0/s1. The van der Waals surface area contributed by atoms with Crippen molar-refractivity contribution in [1.29, 1.82) is 0 Å². The molecule has 1 aliphatic heterocycles. The molecule has 0 aromatic heterocycles. The van der Waals surface area contributed by atoms with E-state index in [4.69, 9.17) is 0 Å². The first-order valence-electron chi connectivity index (χ1n) is 13.1. The molecule has 1 fully saturated rings. The first kappa shape index (κ1) is 31.0. The molecular formula is C28H42N4O6. The minimum atomic E-state index is -1.12. The molecule has 0 bridgehead atoms. The first-order chi connectivity index (χ1) is 17.6. The van der Waals surface area contributed by atoms with Crippen molar-refractivity contribution >= 4 is 35.1 Å². The fraction of sp³-hybridized carbons (Fsp3) is 0.607. The molecule has 0 aliphatic carbocycles. The number of amides is 4. The second kappa shape index (κ2) is 13.0. The maximum absolute atomic E-state index is 13.3. The van der Waals surface area contributed by atoms with E-state index < -0.39 is 53.5 Å². The summed E-state index contributed by atoms with van der Waals surface area (Å²) in [4.78, 5) is 63.6. The number of nitrogens with one attached hydrogen (secondary N) is 4. The van der Waals surface area contributed by atoms with Gasteiger partial charge in [-0.2, -0.15) is 0 Å². The van der Waals surface area contributed by atoms with Gasteiger partial charge in [0.25, 0.3) is 0 Å². The van der Waals surface area contributed by atoms with Gasteiger partial charge in [0.1, 0.15) is 12.6 Å². The Labute approximate surface area is 224 Å². The third-order valence-electron chi connectivity index (χ3n) is 6.41. The number of carbonyl (C=O) groups excluding carboxylic acids is 5. The molecule has 2 rings (SSSR count). The van der Waals surface area contributed by atoms with Crippen LogP contribution in [0.4, 0.5) is 5.69 Å². The highest BCUT2D eigenvalue weighted by Crippen LogP contribution is 2.29. The zero-order chi connectivity index (χ0) is 28.7. The summed E-state index contributed by atoms with van der Waals surface area (Å²) >= 11 is 0. The monoisotopic (exact) mass is 530 g/mol. The van der Waals surface area contributed by atoms with Gasteiger partial charge in [-0.25, -0.2) is 0 Å². The lowest BCUT2D eigenvalue weighted by Crippen LogP contribution is -2.55. The number of Topliss-reactive ketones (excluding diaryl/α,β-unsaturated/α-hetero) is 1. The molecule has 210 valence electrons. The van der Waals surface area contributed by atoms with Crippen LogP contribution in [0, 0.1) is 11.3 Å². The van der Waals surface area contributed by atoms with Crippen LogP contribution in [-0.2, 0) is 29.4 Å². The fourth-order valence-corrected chi connectivity index (χ4v) is 4.47. The SMILES string of the molecule is CC(C)(C)C[C@H](NC(=O)C(=O)Nc1ccccc1C(C)(C)C)C(=O)N[C@@H](C[C@@H]1CCCNC1=O)C(=O)CO. The summed E-state index contributed by atoms with van der Waals surface area (Å²) in [5.74, 6) is -3.89. The van der Waals surface area contributed by atoms with Crippen LogP contribution in [0.3, 0.4) is 0 Å². The fourth-order valence-electron chi connectivity index (χ4n) is 4.47. The number of carbonyl (C=O) groups is 5. The Kier molecular flexibility index (Phi) is 10.6. The maximum Gasteiger partial charge on any atom is 0.313 e. The normalized spacial score (nSPS) is 17.6. The van der Waals surface area contributed by atoms with Crippen molar-refractivity contribution in [3.05, 3.63) is 29.8 Å². The highest BCUT2D eigenvalue weighted by Gasteiger charge is 2.34. The third kappa shape index (κ3) is 9.24. The predicted octanol–water partition coefficient (Wildman–Crippen LogP) is 1.81. The van der Waals surface area contributed by atoms with Gasteiger partial charge in [0.05, 0.1) is 6.04 Å². The Morgan fingerprint density at radius 1 is 1.00 bits per heavy atom. The molecule has 1 aromatic carbocycles. The van der Waals surface area contributed by atoms with Crippen LogP contribution in [0.1, 0.15) is 72.8 Å². The summed E-state index contributed by atoms with van der Waals surface area (Å²) in [6.45, 7) is 11.4. The van der Waals surface area contributed by atoms with Gasteiger partial charge in [0, 0.05) is 18.2 Å². The van der Waals surface area contributed by atoms with Crippen molar-refractivity contribution in [3.63, 3.8) is 0 Å². The Hall–Kier alpha value is -3.27. The Bertz CT molecular complexity index is 1040. The molecule has 10 heteroatoms. The van der Waals surface area contributed by atoms with Gasteiger partial charge >= 0.3 is 11.8 Å². The summed E-state index contributed by atoms with van der Waals surface area (Å²) in [5, 5.41) is 20.0. The minimum Gasteiger partial charge on any atom is -0.389 e. The van der Waals surface area contributed by atoms with Crippen molar-refractivity contribution in [2.45, 2.75) is 84.7 Å². The van der Waals surface area contributed by atoms with Crippen LogP contribution in [0.25, 0.3) is 0 Å². The highest BCUT2D eigenvalue weighted by atomic mass is 16.3. The number of anilines is 1. The molecule has 4 amide bonds. The van der Waals surface area contributed by atoms with Crippen LogP contribution in [0.15, 0.2) is 24.3 Å². The van der Waals surface area contributed by atoms with E-state index in [1.54, 1.807) is 12.1 Å². The van der Waals surface area contributed by atoms with Gasteiger partial charge in [-0.05, 0) is 48.1 Å². The minimum absolute atomic E-state index is 0.0389. The van der Waals surface area contributed by atoms with E-state index >= 15 is 0 Å². The van der Waals surface area contributed by atoms with E-state index in [0.717, 1.165) is 12.0 Å². The Balaban J connectivity index is 2.18. The topological polar surface area (TPSA) is 154 Å². The lowest BCUT2D eigenvalue weighted by Gasteiger charge is -2.29. The molecule has 1 heterocycles. The number of aliphatic hydroxyl groups excluding tert-OH is 1. The van der Waals surface area contributed by atoms with Crippen molar-refractivity contribution in [1.82, 2.24) is 16.0 Å². The lowest BCUT2D eigenvalue weighted by atomic mass is 9.86. The molecule has 10 nitrogen and oxygen atoms in total. The van der Waals surface area contributed by atoms with Gasteiger partial charge in [-0.3, -0.25) is 24.0 Å². The number of piperidine rings is 1. The van der Waals surface area contributed by atoms with E-state index in [0.29, 0.717) is 18.7 Å². The van der Waals surface area contributed by atoms with Gasteiger partial charge in [0.2, 0.25) is 11.8 Å². The third-order valence-corrected chi connectivity index (χ3v) is 6.41. The van der Waals surface area contributed by atoms with Crippen LogP contribution < -0.4 is 21.3 Å². The van der Waals surface area contributed by atoms with Crippen molar-refractivity contribution < 1.29 is 29.1 Å². The van der Waals surface area contributed by atoms with Gasteiger partial charge in [-0.15, -0.1) is 0 Å². The summed E-state index contributed by atoms with van der Waals surface area (Å²) < 4.78 is 0. The average molecular weight is 531 g/mol. The Morgan fingerprint density at radius 2 is 1.66 bits per heavy atom. The zero-order valence-electron chi connectivity index (χ0n) is 23.3. The number of ketones is 1. The van der Waals surface area contributed by atoms with Crippen LogP contribution >= 0.6 is 0 Å². The summed E-state index contributed by atoms with van der Waals surface area (Å²) in [5.41, 5.74) is 0.654. The number of para-hydroxylation sites is 1. The van der Waals surface area contributed by atoms with Crippen LogP contribution in [0.2, 0.25) is 0 Å². The summed E-state index contributed by atoms with van der Waals surface area (Å²) in [6, 6.07) is 4.95. The van der Waals surface area contributed by atoms with Crippen molar-refractivity contribution in [2.75, 3.05) is 18.5 Å². The Morgan fingerprint density at radius 3 is 2.24 bits per heavy atom. The molecule has 1 saturated heterocycles. The predicted molar refractivity (Wildman–Crippen MR) is 144 cm³/mol. The highest BCUT2D eigenvalue weighted by molar-refractivity contribution is 6.40. The molecule has 0 spiro atoms. The first-order valence-corrected chi connectivity index (χ1v) is 13.1. The van der Waals surface area contributed by atoms with E-state index in [1.165, 1.54) is 0 Å². The molecule has 0 radical (unpaired) electrons. The van der Waals surface area contributed by atoms with Crippen molar-refractivity contribution in [3.8, 4) is 0 Å². The average Bonchev–Trinajstić information content (AvgIpc) is 2.82. The molecule has 1 aliphatic rings.